The summed E-state index contributed by atoms with van der Waals surface area (Å²) in [5, 5.41) is 0. The first-order chi connectivity index (χ1) is 9.60. The first-order valence-electron chi connectivity index (χ1n) is 5.85. The minimum atomic E-state index is -0.401. The largest absolute Gasteiger partial charge is 0.489 e. The van der Waals surface area contributed by atoms with Gasteiger partial charge in [-0.15, -0.1) is 0 Å². The summed E-state index contributed by atoms with van der Waals surface area (Å²) in [5.41, 5.74) is 1.26. The third kappa shape index (κ3) is 3.57. The van der Waals surface area contributed by atoms with E-state index in [1.807, 2.05) is 6.07 Å². The van der Waals surface area contributed by atoms with Crippen molar-refractivity contribution in [3.05, 3.63) is 63.9 Å². The lowest BCUT2D eigenvalue weighted by atomic mass is 10.1. The quantitative estimate of drug-likeness (QED) is 0.791. The van der Waals surface area contributed by atoms with Gasteiger partial charge in [0, 0.05) is 6.07 Å². The molecule has 104 valence electrons. The molecular formula is C15H12BrFO3. The van der Waals surface area contributed by atoms with Gasteiger partial charge in [-0.2, -0.15) is 0 Å². The number of rotatable bonds is 4. The maximum Gasteiger partial charge on any atom is 0.337 e. The van der Waals surface area contributed by atoms with Crippen LogP contribution in [0, 0.1) is 5.82 Å². The Morgan fingerprint density at radius 1 is 1.25 bits per heavy atom. The fraction of sp³-hybridized carbons (Fsp3) is 0.133. The fourth-order valence-corrected chi connectivity index (χ4v) is 1.89. The van der Waals surface area contributed by atoms with Crippen molar-refractivity contribution >= 4 is 21.9 Å². The topological polar surface area (TPSA) is 35.5 Å². The summed E-state index contributed by atoms with van der Waals surface area (Å²) in [6.45, 7) is 0.242. The van der Waals surface area contributed by atoms with Crippen molar-refractivity contribution in [1.29, 1.82) is 0 Å². The van der Waals surface area contributed by atoms with Crippen molar-refractivity contribution in [2.75, 3.05) is 7.11 Å². The number of methoxy groups -OCH3 is 1. The van der Waals surface area contributed by atoms with Gasteiger partial charge in [-0.3, -0.25) is 0 Å². The molecular weight excluding hydrogens is 327 g/mol. The molecule has 2 rings (SSSR count). The van der Waals surface area contributed by atoms with Gasteiger partial charge in [-0.05, 0) is 45.8 Å². The van der Waals surface area contributed by atoms with Gasteiger partial charge in [0.1, 0.15) is 18.2 Å². The number of benzene rings is 2. The Kier molecular flexibility index (Phi) is 4.74. The normalized spacial score (nSPS) is 10.2. The molecule has 0 unspecified atom stereocenters. The second kappa shape index (κ2) is 6.52. The Labute approximate surface area is 124 Å². The van der Waals surface area contributed by atoms with Crippen LogP contribution in [-0.2, 0) is 11.3 Å². The molecule has 0 saturated carbocycles. The van der Waals surface area contributed by atoms with Crippen LogP contribution < -0.4 is 4.74 Å². The minimum Gasteiger partial charge on any atom is -0.489 e. The highest BCUT2D eigenvalue weighted by Crippen LogP contribution is 2.21. The highest BCUT2D eigenvalue weighted by molar-refractivity contribution is 9.10. The van der Waals surface area contributed by atoms with Gasteiger partial charge in [0.2, 0.25) is 0 Å². The molecule has 0 atom stereocenters. The second-order valence-electron chi connectivity index (χ2n) is 4.06. The third-order valence-electron chi connectivity index (χ3n) is 2.64. The Balaban J connectivity index is 2.07. The van der Waals surface area contributed by atoms with Crippen molar-refractivity contribution < 1.29 is 18.7 Å². The molecule has 0 saturated heterocycles. The molecule has 2 aromatic carbocycles. The summed E-state index contributed by atoms with van der Waals surface area (Å²) in [4.78, 5) is 11.4. The molecule has 0 bridgehead atoms. The van der Waals surface area contributed by atoms with Crippen LogP contribution in [-0.4, -0.2) is 13.1 Å². The zero-order valence-electron chi connectivity index (χ0n) is 10.7. The van der Waals surface area contributed by atoms with Crippen LogP contribution >= 0.6 is 15.9 Å². The molecule has 0 fully saturated rings. The van der Waals surface area contributed by atoms with E-state index in [-0.39, 0.29) is 12.4 Å². The summed E-state index contributed by atoms with van der Waals surface area (Å²) >= 11 is 3.08. The zero-order valence-corrected chi connectivity index (χ0v) is 12.3. The molecule has 0 aliphatic heterocycles. The zero-order chi connectivity index (χ0) is 14.5. The molecule has 20 heavy (non-hydrogen) atoms. The molecule has 5 heteroatoms. The maximum atomic E-state index is 13.3. The molecule has 0 aliphatic rings. The fourth-order valence-electron chi connectivity index (χ4n) is 1.64. The van der Waals surface area contributed by atoms with Crippen LogP contribution in [0.1, 0.15) is 15.9 Å². The van der Waals surface area contributed by atoms with Crippen molar-refractivity contribution in [3.63, 3.8) is 0 Å². The van der Waals surface area contributed by atoms with Gasteiger partial charge in [0.05, 0.1) is 17.1 Å². The number of esters is 1. The van der Waals surface area contributed by atoms with Crippen LogP contribution in [0.3, 0.4) is 0 Å². The van der Waals surface area contributed by atoms with E-state index in [0.717, 1.165) is 5.56 Å². The van der Waals surface area contributed by atoms with Crippen molar-refractivity contribution in [3.8, 4) is 5.75 Å². The van der Waals surface area contributed by atoms with Crippen molar-refractivity contribution in [2.24, 2.45) is 0 Å². The Morgan fingerprint density at radius 3 is 2.75 bits per heavy atom. The summed E-state index contributed by atoms with van der Waals surface area (Å²) in [7, 11) is 1.33. The average Bonchev–Trinajstić information content (AvgIpc) is 2.48. The summed E-state index contributed by atoms with van der Waals surface area (Å²) in [6.07, 6.45) is 0. The SMILES string of the molecule is COC(=O)c1cccc(COc2ccc(Br)c(F)c2)c1. The summed E-state index contributed by atoms with van der Waals surface area (Å²) in [5.74, 6) is -0.360. The lowest BCUT2D eigenvalue weighted by molar-refractivity contribution is 0.0600. The van der Waals surface area contributed by atoms with Crippen LogP contribution in [0.25, 0.3) is 0 Å². The molecule has 2 aromatic rings. The van der Waals surface area contributed by atoms with Gasteiger partial charge in [0.25, 0.3) is 0 Å². The van der Waals surface area contributed by atoms with Crippen molar-refractivity contribution in [2.45, 2.75) is 6.61 Å². The smallest absolute Gasteiger partial charge is 0.337 e. The third-order valence-corrected chi connectivity index (χ3v) is 3.29. The molecule has 0 radical (unpaired) electrons. The Morgan fingerprint density at radius 2 is 2.05 bits per heavy atom. The monoisotopic (exact) mass is 338 g/mol. The maximum absolute atomic E-state index is 13.3. The number of halogens is 2. The highest BCUT2D eigenvalue weighted by Gasteiger charge is 2.06. The lowest BCUT2D eigenvalue weighted by Crippen LogP contribution is -2.03. The number of carbonyl (C=O) groups excluding carboxylic acids is 1. The van der Waals surface area contributed by atoms with E-state index in [9.17, 15) is 9.18 Å². The van der Waals surface area contributed by atoms with E-state index in [2.05, 4.69) is 20.7 Å². The van der Waals surface area contributed by atoms with Crippen LogP contribution in [0.5, 0.6) is 5.75 Å². The van der Waals surface area contributed by atoms with Crippen molar-refractivity contribution in [1.82, 2.24) is 0 Å². The van der Waals surface area contributed by atoms with E-state index in [1.54, 1.807) is 30.3 Å². The number of ether oxygens (including phenoxy) is 2. The molecule has 0 spiro atoms. The standard InChI is InChI=1S/C15H12BrFO3/c1-19-15(18)11-4-2-3-10(7-11)9-20-12-5-6-13(16)14(17)8-12/h2-8H,9H2,1H3. The molecule has 0 aromatic heterocycles. The van der Waals surface area contributed by atoms with Gasteiger partial charge in [-0.1, -0.05) is 12.1 Å². The first kappa shape index (κ1) is 14.5. The number of carbonyl (C=O) groups is 1. The average molecular weight is 339 g/mol. The van der Waals surface area contributed by atoms with E-state index in [0.29, 0.717) is 15.8 Å². The summed E-state index contributed by atoms with van der Waals surface area (Å²) < 4.78 is 23.9. The van der Waals surface area contributed by atoms with Gasteiger partial charge >= 0.3 is 5.97 Å². The first-order valence-corrected chi connectivity index (χ1v) is 6.64. The predicted octanol–water partition coefficient (Wildman–Crippen LogP) is 3.95. The van der Waals surface area contributed by atoms with E-state index in [4.69, 9.17) is 4.74 Å². The minimum absolute atomic E-state index is 0.242. The van der Waals surface area contributed by atoms with Crippen LogP contribution in [0.15, 0.2) is 46.9 Å². The van der Waals surface area contributed by atoms with Crippen LogP contribution in [0.4, 0.5) is 4.39 Å². The second-order valence-corrected chi connectivity index (χ2v) is 4.91. The Bertz CT molecular complexity index is 628. The van der Waals surface area contributed by atoms with E-state index < -0.39 is 5.97 Å². The van der Waals surface area contributed by atoms with Gasteiger partial charge in [-0.25, -0.2) is 9.18 Å². The molecule has 0 amide bonds. The van der Waals surface area contributed by atoms with E-state index in [1.165, 1.54) is 13.2 Å². The molecule has 0 N–H and O–H groups in total. The number of hydrogen-bond donors (Lipinski definition) is 0. The van der Waals surface area contributed by atoms with Gasteiger partial charge < -0.3 is 9.47 Å². The lowest BCUT2D eigenvalue weighted by Gasteiger charge is -2.08. The molecule has 3 nitrogen and oxygen atoms in total. The predicted molar refractivity (Wildman–Crippen MR) is 76.2 cm³/mol. The van der Waals surface area contributed by atoms with E-state index >= 15 is 0 Å². The molecule has 0 heterocycles. The summed E-state index contributed by atoms with van der Waals surface area (Å²) in [6, 6.07) is 11.4. The van der Waals surface area contributed by atoms with Crippen LogP contribution in [0.2, 0.25) is 0 Å². The highest BCUT2D eigenvalue weighted by atomic mass is 79.9. The van der Waals surface area contributed by atoms with Gasteiger partial charge in [0.15, 0.2) is 0 Å². The Hall–Kier alpha value is -1.88. The molecule has 0 aliphatic carbocycles. The number of hydrogen-bond acceptors (Lipinski definition) is 3.